The van der Waals surface area contributed by atoms with Gasteiger partial charge in [0.2, 0.25) is 0 Å². The Morgan fingerprint density at radius 2 is 2.00 bits per heavy atom. The number of hydrogen-bond donors (Lipinski definition) is 0. The Kier molecular flexibility index (Phi) is 5.17. The number of rotatable bonds is 4. The summed E-state index contributed by atoms with van der Waals surface area (Å²) in [7, 11) is 0. The Bertz CT molecular complexity index is 361. The molecule has 1 fully saturated rings. The predicted octanol–water partition coefficient (Wildman–Crippen LogP) is 5.45. The van der Waals surface area contributed by atoms with E-state index < -0.39 is 0 Å². The second-order valence-electron chi connectivity index (χ2n) is 4.72. The molecule has 1 aromatic carbocycles. The van der Waals surface area contributed by atoms with Crippen LogP contribution in [-0.4, -0.2) is 6.61 Å². The number of benzene rings is 1. The molecule has 1 saturated carbocycles. The molecule has 0 spiro atoms. The van der Waals surface area contributed by atoms with Gasteiger partial charge in [0.25, 0.3) is 0 Å². The van der Waals surface area contributed by atoms with Crippen LogP contribution < -0.4 is 4.74 Å². The Labute approximate surface area is 117 Å². The molecule has 1 aromatic rings. The lowest BCUT2D eigenvalue weighted by Gasteiger charge is -2.21. The summed E-state index contributed by atoms with van der Waals surface area (Å²) in [5.74, 6) is 1.77. The zero-order chi connectivity index (χ0) is 12.1. The topological polar surface area (TPSA) is 9.23 Å². The minimum atomic E-state index is 0.727. The van der Waals surface area contributed by atoms with Crippen molar-refractivity contribution in [1.82, 2.24) is 0 Å². The van der Waals surface area contributed by atoms with Crippen LogP contribution in [0.1, 0.15) is 38.5 Å². The summed E-state index contributed by atoms with van der Waals surface area (Å²) < 4.78 is 6.65. The molecule has 0 saturated heterocycles. The van der Waals surface area contributed by atoms with Gasteiger partial charge in [-0.15, -0.1) is 0 Å². The average Bonchev–Trinajstić information content (AvgIpc) is 2.35. The minimum Gasteiger partial charge on any atom is -0.494 e. The van der Waals surface area contributed by atoms with E-state index in [1.807, 2.05) is 18.2 Å². The molecule has 0 radical (unpaired) electrons. The third-order valence-electron chi connectivity index (χ3n) is 3.41. The number of hydrogen-bond acceptors (Lipinski definition) is 1. The van der Waals surface area contributed by atoms with Crippen LogP contribution in [0.15, 0.2) is 22.7 Å². The van der Waals surface area contributed by atoms with E-state index in [1.165, 1.54) is 38.5 Å². The lowest BCUT2D eigenvalue weighted by Crippen LogP contribution is -2.10. The molecule has 1 nitrogen and oxygen atoms in total. The lowest BCUT2D eigenvalue weighted by molar-refractivity contribution is 0.246. The molecule has 17 heavy (non-hydrogen) atoms. The summed E-state index contributed by atoms with van der Waals surface area (Å²) in [5, 5.41) is 0.727. The summed E-state index contributed by atoms with van der Waals surface area (Å²) in [6.45, 7) is 0.818. The molecule has 0 bridgehead atoms. The fourth-order valence-electron chi connectivity index (χ4n) is 2.39. The second kappa shape index (κ2) is 6.65. The van der Waals surface area contributed by atoms with Crippen molar-refractivity contribution in [3.8, 4) is 5.75 Å². The molecular weight excluding hydrogens is 300 g/mol. The van der Waals surface area contributed by atoms with Crippen LogP contribution in [0.5, 0.6) is 5.75 Å². The highest BCUT2D eigenvalue weighted by Crippen LogP contribution is 2.28. The van der Waals surface area contributed by atoms with Crippen LogP contribution >= 0.6 is 27.5 Å². The third kappa shape index (κ3) is 4.18. The van der Waals surface area contributed by atoms with Gasteiger partial charge in [0.1, 0.15) is 5.75 Å². The Morgan fingerprint density at radius 3 is 2.71 bits per heavy atom. The largest absolute Gasteiger partial charge is 0.494 e. The van der Waals surface area contributed by atoms with Crippen molar-refractivity contribution in [3.05, 3.63) is 27.7 Å². The predicted molar refractivity (Wildman–Crippen MR) is 75.8 cm³/mol. The molecule has 94 valence electrons. The highest BCUT2D eigenvalue weighted by molar-refractivity contribution is 9.10. The van der Waals surface area contributed by atoms with E-state index in [9.17, 15) is 0 Å². The molecule has 3 heteroatoms. The fraction of sp³-hybridized carbons (Fsp3) is 0.571. The highest BCUT2D eigenvalue weighted by Gasteiger charge is 2.13. The van der Waals surface area contributed by atoms with E-state index >= 15 is 0 Å². The maximum atomic E-state index is 5.93. The van der Waals surface area contributed by atoms with E-state index in [0.29, 0.717) is 0 Å². The maximum Gasteiger partial charge on any atom is 0.120 e. The van der Waals surface area contributed by atoms with Gasteiger partial charge in [-0.2, -0.15) is 0 Å². The van der Waals surface area contributed by atoms with Gasteiger partial charge in [-0.05, 0) is 46.5 Å². The van der Waals surface area contributed by atoms with Crippen molar-refractivity contribution in [2.75, 3.05) is 6.61 Å². The van der Waals surface area contributed by atoms with E-state index in [1.54, 1.807) is 0 Å². The van der Waals surface area contributed by atoms with Gasteiger partial charge in [0, 0.05) is 4.47 Å². The average molecular weight is 318 g/mol. The SMILES string of the molecule is Clc1ccc(OCCC2CCCCC2)cc1Br. The summed E-state index contributed by atoms with van der Waals surface area (Å²) >= 11 is 9.34. The van der Waals surface area contributed by atoms with Crippen LogP contribution in [0.4, 0.5) is 0 Å². The van der Waals surface area contributed by atoms with Gasteiger partial charge in [0.05, 0.1) is 11.6 Å². The summed E-state index contributed by atoms with van der Waals surface area (Å²) in [4.78, 5) is 0. The van der Waals surface area contributed by atoms with Crippen molar-refractivity contribution >= 4 is 27.5 Å². The van der Waals surface area contributed by atoms with Crippen LogP contribution in [0.2, 0.25) is 5.02 Å². The van der Waals surface area contributed by atoms with Crippen LogP contribution in [-0.2, 0) is 0 Å². The van der Waals surface area contributed by atoms with Gasteiger partial charge in [0.15, 0.2) is 0 Å². The standard InChI is InChI=1S/C14H18BrClO/c15-13-10-12(6-7-14(13)16)17-9-8-11-4-2-1-3-5-11/h6-7,10-11H,1-5,8-9H2. The third-order valence-corrected chi connectivity index (χ3v) is 4.62. The Morgan fingerprint density at radius 1 is 1.24 bits per heavy atom. The zero-order valence-corrected chi connectivity index (χ0v) is 12.3. The molecule has 0 N–H and O–H groups in total. The zero-order valence-electron chi connectivity index (χ0n) is 9.92. The first-order valence-corrected chi connectivity index (χ1v) is 7.50. The molecule has 1 aliphatic carbocycles. The van der Waals surface area contributed by atoms with Gasteiger partial charge < -0.3 is 4.74 Å². The molecule has 1 aliphatic rings. The van der Waals surface area contributed by atoms with E-state index in [2.05, 4.69) is 15.9 Å². The monoisotopic (exact) mass is 316 g/mol. The van der Waals surface area contributed by atoms with Gasteiger partial charge in [-0.1, -0.05) is 43.7 Å². The fourth-order valence-corrected chi connectivity index (χ4v) is 2.86. The Balaban J connectivity index is 1.75. The molecule has 0 amide bonds. The molecular formula is C14H18BrClO. The first kappa shape index (κ1) is 13.2. The summed E-state index contributed by atoms with van der Waals surface area (Å²) in [6, 6.07) is 5.72. The first-order chi connectivity index (χ1) is 8.25. The number of halogens is 2. The molecule has 0 atom stereocenters. The lowest BCUT2D eigenvalue weighted by atomic mass is 9.87. The smallest absolute Gasteiger partial charge is 0.120 e. The van der Waals surface area contributed by atoms with Gasteiger partial charge in [-0.25, -0.2) is 0 Å². The van der Waals surface area contributed by atoms with Crippen LogP contribution in [0.3, 0.4) is 0 Å². The summed E-state index contributed by atoms with van der Waals surface area (Å²) in [6.07, 6.45) is 8.16. The molecule has 2 rings (SSSR count). The number of ether oxygens (including phenoxy) is 1. The second-order valence-corrected chi connectivity index (χ2v) is 5.98. The van der Waals surface area contributed by atoms with Crippen LogP contribution in [0.25, 0.3) is 0 Å². The van der Waals surface area contributed by atoms with Crippen molar-refractivity contribution in [1.29, 1.82) is 0 Å². The Hall–Kier alpha value is -0.210. The van der Waals surface area contributed by atoms with Crippen molar-refractivity contribution in [3.63, 3.8) is 0 Å². The first-order valence-electron chi connectivity index (χ1n) is 6.33. The summed E-state index contributed by atoms with van der Waals surface area (Å²) in [5.41, 5.74) is 0. The molecule has 0 aromatic heterocycles. The van der Waals surface area contributed by atoms with Crippen LogP contribution in [0, 0.1) is 5.92 Å². The van der Waals surface area contributed by atoms with Gasteiger partial charge in [-0.3, -0.25) is 0 Å². The normalized spacial score (nSPS) is 17.1. The van der Waals surface area contributed by atoms with E-state index in [4.69, 9.17) is 16.3 Å². The minimum absolute atomic E-state index is 0.727. The molecule has 0 heterocycles. The van der Waals surface area contributed by atoms with Crippen molar-refractivity contribution < 1.29 is 4.74 Å². The molecule has 0 aliphatic heterocycles. The van der Waals surface area contributed by atoms with Gasteiger partial charge >= 0.3 is 0 Å². The van der Waals surface area contributed by atoms with Crippen molar-refractivity contribution in [2.45, 2.75) is 38.5 Å². The van der Waals surface area contributed by atoms with E-state index in [-0.39, 0.29) is 0 Å². The maximum absolute atomic E-state index is 5.93. The highest BCUT2D eigenvalue weighted by atomic mass is 79.9. The molecule has 0 unspecified atom stereocenters. The quantitative estimate of drug-likeness (QED) is 0.717. The van der Waals surface area contributed by atoms with E-state index in [0.717, 1.165) is 27.8 Å². The van der Waals surface area contributed by atoms with Crippen molar-refractivity contribution in [2.24, 2.45) is 5.92 Å².